The van der Waals surface area contributed by atoms with Crippen molar-refractivity contribution in [1.29, 1.82) is 0 Å². The maximum absolute atomic E-state index is 9.76. The second kappa shape index (κ2) is 9.29. The normalized spacial score (nSPS) is 11.7. The van der Waals surface area contributed by atoms with E-state index in [0.29, 0.717) is 12.2 Å². The Morgan fingerprint density at radius 1 is 0.667 bits per heavy atom. The van der Waals surface area contributed by atoms with Crippen LogP contribution in [0, 0.1) is 0 Å². The highest BCUT2D eigenvalue weighted by molar-refractivity contribution is 5.78. The molecule has 0 aliphatic heterocycles. The number of rotatable bonds is 7. The Bertz CT molecular complexity index is 1020. The van der Waals surface area contributed by atoms with Crippen molar-refractivity contribution in [3.8, 4) is 16.9 Å². The lowest BCUT2D eigenvalue weighted by atomic mass is 10.0. The van der Waals surface area contributed by atoms with Gasteiger partial charge in [-0.25, -0.2) is 0 Å². The van der Waals surface area contributed by atoms with Crippen molar-refractivity contribution in [3.63, 3.8) is 0 Å². The van der Waals surface area contributed by atoms with Crippen molar-refractivity contribution < 1.29 is 9.84 Å². The van der Waals surface area contributed by atoms with Crippen LogP contribution in [0.5, 0.6) is 5.75 Å². The summed E-state index contributed by atoms with van der Waals surface area (Å²) in [5.74, 6) is 0.668. The van der Waals surface area contributed by atoms with Gasteiger partial charge < -0.3 is 14.7 Å². The van der Waals surface area contributed by atoms with E-state index < -0.39 is 6.29 Å². The SMILES string of the molecule is CCC(O)Oc1cccc(-c2ccc(N(c3ccccc3)c3ccccc3)cc2)c1. The molecule has 3 heteroatoms. The molecule has 0 aromatic heterocycles. The van der Waals surface area contributed by atoms with E-state index in [4.69, 9.17) is 4.74 Å². The summed E-state index contributed by atoms with van der Waals surface area (Å²) in [6.45, 7) is 1.89. The van der Waals surface area contributed by atoms with E-state index in [9.17, 15) is 5.11 Å². The largest absolute Gasteiger partial charge is 0.465 e. The van der Waals surface area contributed by atoms with Gasteiger partial charge in [0.1, 0.15) is 5.75 Å². The van der Waals surface area contributed by atoms with Gasteiger partial charge in [-0.1, -0.05) is 67.6 Å². The average Bonchev–Trinajstić information content (AvgIpc) is 2.81. The van der Waals surface area contributed by atoms with E-state index in [-0.39, 0.29) is 0 Å². The first-order chi connectivity index (χ1) is 14.7. The minimum atomic E-state index is -0.784. The molecular formula is C27H25NO2. The van der Waals surface area contributed by atoms with Crippen LogP contribution in [-0.2, 0) is 0 Å². The predicted octanol–water partition coefficient (Wildman–Crippen LogP) is 6.93. The number of anilines is 3. The summed E-state index contributed by atoms with van der Waals surface area (Å²) in [4.78, 5) is 2.24. The molecule has 3 nitrogen and oxygen atoms in total. The fraction of sp³-hybridized carbons (Fsp3) is 0.111. The van der Waals surface area contributed by atoms with Gasteiger partial charge >= 0.3 is 0 Å². The molecule has 4 aromatic carbocycles. The standard InChI is InChI=1S/C27H25NO2/c1-2-27(29)30-26-15-9-10-22(20-26)21-16-18-25(19-17-21)28(23-11-5-3-6-12-23)24-13-7-4-8-14-24/h3-20,27,29H,2H2,1H3. The highest BCUT2D eigenvalue weighted by Gasteiger charge is 2.12. The Kier molecular flexibility index (Phi) is 6.11. The summed E-state index contributed by atoms with van der Waals surface area (Å²) in [5, 5.41) is 9.76. The molecule has 1 atom stereocenters. The molecule has 0 saturated heterocycles. The van der Waals surface area contributed by atoms with Gasteiger partial charge in [-0.05, 0) is 59.7 Å². The smallest absolute Gasteiger partial charge is 0.197 e. The Hall–Kier alpha value is -3.56. The number of ether oxygens (including phenoxy) is 1. The van der Waals surface area contributed by atoms with E-state index in [2.05, 4.69) is 77.7 Å². The molecular weight excluding hydrogens is 370 g/mol. The van der Waals surface area contributed by atoms with Crippen LogP contribution in [0.2, 0.25) is 0 Å². The summed E-state index contributed by atoms with van der Waals surface area (Å²) in [6.07, 6.45) is -0.235. The number of aliphatic hydroxyl groups is 1. The Morgan fingerprint density at radius 2 is 1.23 bits per heavy atom. The fourth-order valence-corrected chi connectivity index (χ4v) is 3.39. The Labute approximate surface area is 177 Å². The van der Waals surface area contributed by atoms with Gasteiger partial charge in [0.2, 0.25) is 0 Å². The number of benzene rings is 4. The molecule has 0 radical (unpaired) electrons. The molecule has 0 amide bonds. The number of para-hydroxylation sites is 2. The monoisotopic (exact) mass is 395 g/mol. The van der Waals surface area contributed by atoms with Crippen LogP contribution in [0.3, 0.4) is 0 Å². The van der Waals surface area contributed by atoms with Crippen LogP contribution in [-0.4, -0.2) is 11.4 Å². The topological polar surface area (TPSA) is 32.7 Å². The van der Waals surface area contributed by atoms with Crippen molar-refractivity contribution in [3.05, 3.63) is 109 Å². The predicted molar refractivity (Wildman–Crippen MR) is 123 cm³/mol. The third-order valence-electron chi connectivity index (χ3n) is 4.94. The third kappa shape index (κ3) is 4.53. The van der Waals surface area contributed by atoms with Gasteiger partial charge in [0.15, 0.2) is 6.29 Å². The van der Waals surface area contributed by atoms with Gasteiger partial charge in [-0.2, -0.15) is 0 Å². The number of aliphatic hydroxyl groups excluding tert-OH is 1. The zero-order valence-corrected chi connectivity index (χ0v) is 17.0. The molecule has 0 aliphatic rings. The van der Waals surface area contributed by atoms with Crippen LogP contribution < -0.4 is 9.64 Å². The van der Waals surface area contributed by atoms with Crippen molar-refractivity contribution in [2.75, 3.05) is 4.90 Å². The third-order valence-corrected chi connectivity index (χ3v) is 4.94. The first-order valence-electron chi connectivity index (χ1n) is 10.2. The second-order valence-electron chi connectivity index (χ2n) is 7.06. The Balaban J connectivity index is 1.66. The zero-order chi connectivity index (χ0) is 20.8. The van der Waals surface area contributed by atoms with Crippen molar-refractivity contribution in [2.45, 2.75) is 19.6 Å². The lowest BCUT2D eigenvalue weighted by molar-refractivity contribution is -0.0190. The summed E-state index contributed by atoms with van der Waals surface area (Å²) in [7, 11) is 0. The van der Waals surface area contributed by atoms with Crippen molar-refractivity contribution >= 4 is 17.1 Å². The molecule has 0 bridgehead atoms. The maximum atomic E-state index is 9.76. The Morgan fingerprint density at radius 3 is 1.80 bits per heavy atom. The summed E-state index contributed by atoms with van der Waals surface area (Å²) >= 11 is 0. The van der Waals surface area contributed by atoms with Crippen molar-refractivity contribution in [2.24, 2.45) is 0 Å². The number of hydrogen-bond donors (Lipinski definition) is 1. The van der Waals surface area contributed by atoms with Gasteiger partial charge in [0.25, 0.3) is 0 Å². The average molecular weight is 396 g/mol. The van der Waals surface area contributed by atoms with Crippen LogP contribution in [0.1, 0.15) is 13.3 Å². The van der Waals surface area contributed by atoms with Gasteiger partial charge in [-0.3, -0.25) is 0 Å². The van der Waals surface area contributed by atoms with Gasteiger partial charge in [-0.15, -0.1) is 0 Å². The van der Waals surface area contributed by atoms with Crippen LogP contribution in [0.15, 0.2) is 109 Å². The van der Waals surface area contributed by atoms with Crippen LogP contribution in [0.4, 0.5) is 17.1 Å². The summed E-state index contributed by atoms with van der Waals surface area (Å²) in [5.41, 5.74) is 5.45. The quantitative estimate of drug-likeness (QED) is 0.344. The van der Waals surface area contributed by atoms with E-state index in [1.54, 1.807) is 0 Å². The van der Waals surface area contributed by atoms with Gasteiger partial charge in [0.05, 0.1) is 0 Å². The molecule has 0 heterocycles. The highest BCUT2D eigenvalue weighted by atomic mass is 16.6. The summed E-state index contributed by atoms with van der Waals surface area (Å²) < 4.78 is 5.55. The van der Waals surface area contributed by atoms with Crippen LogP contribution >= 0.6 is 0 Å². The molecule has 1 unspecified atom stereocenters. The van der Waals surface area contributed by atoms with E-state index in [1.807, 2.05) is 43.3 Å². The number of nitrogens with zero attached hydrogens (tertiary/aromatic N) is 1. The van der Waals surface area contributed by atoms with Gasteiger partial charge in [0, 0.05) is 23.5 Å². The molecule has 4 rings (SSSR count). The minimum absolute atomic E-state index is 0.549. The van der Waals surface area contributed by atoms with E-state index in [1.165, 1.54) is 0 Å². The lowest BCUT2D eigenvalue weighted by Gasteiger charge is -2.25. The molecule has 0 fully saturated rings. The first kappa shape index (κ1) is 19.7. The fourth-order valence-electron chi connectivity index (χ4n) is 3.39. The molecule has 4 aromatic rings. The second-order valence-corrected chi connectivity index (χ2v) is 7.06. The minimum Gasteiger partial charge on any atom is -0.465 e. The molecule has 1 N–H and O–H groups in total. The molecule has 150 valence electrons. The highest BCUT2D eigenvalue weighted by Crippen LogP contribution is 2.35. The van der Waals surface area contributed by atoms with Crippen molar-refractivity contribution in [1.82, 2.24) is 0 Å². The molecule has 0 saturated carbocycles. The zero-order valence-electron chi connectivity index (χ0n) is 17.0. The van der Waals surface area contributed by atoms with Crippen LogP contribution in [0.25, 0.3) is 11.1 Å². The lowest BCUT2D eigenvalue weighted by Crippen LogP contribution is -2.13. The molecule has 0 aliphatic carbocycles. The van der Waals surface area contributed by atoms with E-state index in [0.717, 1.165) is 28.2 Å². The number of hydrogen-bond acceptors (Lipinski definition) is 3. The molecule has 30 heavy (non-hydrogen) atoms. The summed E-state index contributed by atoms with van der Waals surface area (Å²) in [6, 6.07) is 37.0. The first-order valence-corrected chi connectivity index (χ1v) is 10.2. The van der Waals surface area contributed by atoms with E-state index >= 15 is 0 Å². The molecule has 0 spiro atoms. The maximum Gasteiger partial charge on any atom is 0.197 e.